The Morgan fingerprint density at radius 2 is 1.21 bits per heavy atom. The van der Waals surface area contributed by atoms with E-state index in [4.69, 9.17) is 19.5 Å². The third-order valence-corrected chi connectivity index (χ3v) is 12.2. The van der Waals surface area contributed by atoms with Gasteiger partial charge in [0.1, 0.15) is 59.4 Å². The van der Waals surface area contributed by atoms with Gasteiger partial charge in [-0.3, -0.25) is 23.7 Å². The predicted octanol–water partition coefficient (Wildman–Crippen LogP) is 9.06. The molecule has 384 valence electrons. The van der Waals surface area contributed by atoms with Crippen LogP contribution < -0.4 is 16.4 Å². The van der Waals surface area contributed by atoms with E-state index in [1.165, 1.54) is 42.5 Å². The van der Waals surface area contributed by atoms with Crippen LogP contribution in [0.5, 0.6) is 0 Å². The molecule has 22 heteroatoms. The third kappa shape index (κ3) is 12.7. The largest absolute Gasteiger partial charge is 0.461 e. The predicted molar refractivity (Wildman–Crippen MR) is 268 cm³/mol. The Hall–Kier alpha value is -9.18. The fraction of sp³-hybridized carbons (Fsp3) is 0.226. The molecule has 9 rings (SSSR count). The van der Waals surface area contributed by atoms with E-state index in [0.29, 0.717) is 52.4 Å². The van der Waals surface area contributed by atoms with E-state index in [-0.39, 0.29) is 72.6 Å². The lowest BCUT2D eigenvalue weighted by Gasteiger charge is -2.25. The van der Waals surface area contributed by atoms with Crippen LogP contribution in [0.1, 0.15) is 63.6 Å². The summed E-state index contributed by atoms with van der Waals surface area (Å²) in [4.78, 5) is 55.2. The van der Waals surface area contributed by atoms with Gasteiger partial charge in [-0.05, 0) is 55.7 Å². The first-order valence-corrected chi connectivity index (χ1v) is 23.5. The Bertz CT molecular complexity index is 3400. The summed E-state index contributed by atoms with van der Waals surface area (Å²) in [7, 11) is 0. The number of nitrogens with two attached hydrogens (primary N) is 1. The summed E-state index contributed by atoms with van der Waals surface area (Å²) in [6.45, 7) is 7.20. The molecule has 0 saturated heterocycles. The van der Waals surface area contributed by atoms with E-state index < -0.39 is 28.6 Å². The van der Waals surface area contributed by atoms with Crippen LogP contribution in [0.4, 0.5) is 24.8 Å². The van der Waals surface area contributed by atoms with Gasteiger partial charge in [0.15, 0.2) is 23.3 Å². The van der Waals surface area contributed by atoms with Crippen molar-refractivity contribution in [1.82, 2.24) is 49.8 Å². The molecule has 2 atom stereocenters. The van der Waals surface area contributed by atoms with Crippen molar-refractivity contribution in [1.29, 1.82) is 0 Å². The van der Waals surface area contributed by atoms with Crippen LogP contribution >= 0.6 is 0 Å². The van der Waals surface area contributed by atoms with Crippen molar-refractivity contribution in [3.63, 3.8) is 0 Å². The third-order valence-electron chi connectivity index (χ3n) is 12.2. The monoisotopic (exact) mass is 1020 g/mol. The van der Waals surface area contributed by atoms with Crippen molar-refractivity contribution in [3.05, 3.63) is 168 Å². The van der Waals surface area contributed by atoms with Gasteiger partial charge in [0, 0.05) is 29.5 Å². The molecule has 0 aliphatic rings. The molecule has 2 amide bonds. The Kier molecular flexibility index (Phi) is 16.1. The number of nitrogens with one attached hydrogen (secondary N) is 2. The van der Waals surface area contributed by atoms with Crippen molar-refractivity contribution >= 4 is 29.4 Å². The Morgan fingerprint density at radius 1 is 0.653 bits per heavy atom. The fourth-order valence-electron chi connectivity index (χ4n) is 7.25. The number of hydrogen-bond donors (Lipinski definition) is 3. The molecule has 75 heavy (non-hydrogen) atoms. The lowest BCUT2D eigenvalue weighted by Crippen LogP contribution is -2.48. The Labute approximate surface area is 427 Å². The molecule has 9 aromatic rings. The maximum Gasteiger partial charge on any atom is 0.307 e. The summed E-state index contributed by atoms with van der Waals surface area (Å²) in [5.41, 5.74) is 8.15. The number of carbonyl (C=O) groups is 3. The summed E-state index contributed by atoms with van der Waals surface area (Å²) < 4.78 is 61.4. The second kappa shape index (κ2) is 23.1. The standard InChI is InChI=1S/C31H29FN6O4.C22H21F2N7O2/c1-3-31(2,18-28(39)41-20-21-9-5-4-6-10-21)30(40)35-27-13-15-33-29(34-27)25-17-26(24-14-16-42-37-24)38(36-25)19-22-11-7-8-12-23(22)32;1-3-22(2,25)21(32)28-19-15(24)11-26-20(27-19)17-10-18(16-8-9-33-30-16)31(29-17)12-13-6-4-5-7-14(13)23/h4-17H,3,18-20H2,1-2H3,(H,33,34,35,40);4-11H,3,12,25H2,1-2H3,(H,26,27,28,32). The number of carbonyl (C=O) groups excluding carboxylic acids is 3. The molecule has 6 aromatic heterocycles. The molecule has 0 spiro atoms. The van der Waals surface area contributed by atoms with E-state index in [1.54, 1.807) is 85.3 Å². The minimum atomic E-state index is -1.20. The molecule has 4 N–H and O–H groups in total. The molecule has 6 heterocycles. The van der Waals surface area contributed by atoms with Gasteiger partial charge in [-0.25, -0.2) is 33.1 Å². The van der Waals surface area contributed by atoms with Crippen LogP contribution in [-0.2, 0) is 38.8 Å². The number of halogens is 3. The van der Waals surface area contributed by atoms with Gasteiger partial charge in [-0.1, -0.05) is 97.8 Å². The minimum Gasteiger partial charge on any atom is -0.461 e. The average Bonchev–Trinajstić information content (AvgIpc) is 4.27. The minimum absolute atomic E-state index is 0.0546. The first kappa shape index (κ1) is 52.2. The molecule has 0 aliphatic heterocycles. The molecule has 0 saturated carbocycles. The number of aromatic nitrogens is 10. The van der Waals surface area contributed by atoms with E-state index in [2.05, 4.69) is 51.1 Å². The number of rotatable bonds is 18. The highest BCUT2D eigenvalue weighted by Crippen LogP contribution is 2.31. The van der Waals surface area contributed by atoms with Crippen molar-refractivity contribution in [2.75, 3.05) is 10.6 Å². The molecular formula is C53H50F3N13O6. The molecule has 0 aliphatic carbocycles. The molecule has 0 bridgehead atoms. The zero-order valence-electron chi connectivity index (χ0n) is 41.1. The number of anilines is 2. The van der Waals surface area contributed by atoms with Gasteiger partial charge < -0.3 is 30.2 Å². The van der Waals surface area contributed by atoms with E-state index in [0.717, 1.165) is 11.8 Å². The normalized spacial score (nSPS) is 12.7. The maximum atomic E-state index is 14.4. The number of hydrogen-bond acceptors (Lipinski definition) is 15. The van der Waals surface area contributed by atoms with E-state index in [1.807, 2.05) is 37.3 Å². The van der Waals surface area contributed by atoms with Crippen molar-refractivity contribution in [2.45, 2.75) is 72.2 Å². The van der Waals surface area contributed by atoms with Crippen LogP contribution in [0.25, 0.3) is 45.8 Å². The molecule has 19 nitrogen and oxygen atoms in total. The number of amides is 2. The summed E-state index contributed by atoms with van der Waals surface area (Å²) in [6.07, 6.45) is 5.92. The van der Waals surface area contributed by atoms with Gasteiger partial charge in [-0.2, -0.15) is 10.2 Å². The highest BCUT2D eigenvalue weighted by Gasteiger charge is 2.35. The van der Waals surface area contributed by atoms with Crippen LogP contribution in [0.2, 0.25) is 0 Å². The zero-order valence-corrected chi connectivity index (χ0v) is 41.1. The first-order chi connectivity index (χ1) is 36.1. The van der Waals surface area contributed by atoms with Gasteiger partial charge in [0.2, 0.25) is 11.8 Å². The van der Waals surface area contributed by atoms with Crippen LogP contribution in [0, 0.1) is 22.9 Å². The summed E-state index contributed by atoms with van der Waals surface area (Å²) in [5.74, 6) is -2.76. The molecule has 3 aromatic carbocycles. The van der Waals surface area contributed by atoms with Gasteiger partial charge in [-0.15, -0.1) is 0 Å². The van der Waals surface area contributed by atoms with E-state index in [9.17, 15) is 27.6 Å². The molecule has 2 unspecified atom stereocenters. The van der Waals surface area contributed by atoms with Crippen LogP contribution in [-0.4, -0.2) is 73.1 Å². The maximum absolute atomic E-state index is 14.4. The van der Waals surface area contributed by atoms with Gasteiger partial charge in [0.05, 0.1) is 48.0 Å². The zero-order chi connectivity index (χ0) is 53.1. The molecule has 0 fully saturated rings. The van der Waals surface area contributed by atoms with Crippen LogP contribution in [0.3, 0.4) is 0 Å². The van der Waals surface area contributed by atoms with Crippen molar-refractivity contribution in [3.8, 4) is 45.8 Å². The van der Waals surface area contributed by atoms with Crippen molar-refractivity contribution in [2.24, 2.45) is 11.1 Å². The van der Waals surface area contributed by atoms with Crippen LogP contribution in [0.15, 0.2) is 143 Å². The lowest BCUT2D eigenvalue weighted by molar-refractivity contribution is -0.150. The van der Waals surface area contributed by atoms with Crippen molar-refractivity contribution < 1.29 is 41.3 Å². The SMILES string of the molecule is CCC(C)(CC(=O)OCc1ccccc1)C(=O)Nc1ccnc(-c2cc(-c3ccon3)n(Cc3ccccc3F)n2)n1.CCC(C)(N)C(=O)Nc1nc(-c2cc(-c3ccon3)n(Cc3ccccc3F)n2)ncc1F. The topological polar surface area (TPSA) is 250 Å². The lowest BCUT2D eigenvalue weighted by atomic mass is 9.83. The quantitative estimate of drug-likeness (QED) is 0.0678. The number of benzene rings is 3. The smallest absolute Gasteiger partial charge is 0.307 e. The second-order valence-corrected chi connectivity index (χ2v) is 17.7. The summed E-state index contributed by atoms with van der Waals surface area (Å²) >= 11 is 0. The summed E-state index contributed by atoms with van der Waals surface area (Å²) in [6, 6.07) is 30.3. The summed E-state index contributed by atoms with van der Waals surface area (Å²) in [5, 5.41) is 22.2. The Balaban J connectivity index is 0.000000205. The molecule has 0 radical (unpaired) electrons. The fourth-order valence-corrected chi connectivity index (χ4v) is 7.25. The highest BCUT2D eigenvalue weighted by molar-refractivity contribution is 5.97. The number of esters is 1. The Morgan fingerprint density at radius 3 is 1.75 bits per heavy atom. The number of ether oxygens (including phenoxy) is 1. The highest BCUT2D eigenvalue weighted by atomic mass is 19.1. The van der Waals surface area contributed by atoms with E-state index >= 15 is 0 Å². The second-order valence-electron chi connectivity index (χ2n) is 17.7. The van der Waals surface area contributed by atoms with Gasteiger partial charge >= 0.3 is 5.97 Å². The first-order valence-electron chi connectivity index (χ1n) is 23.5. The average molecular weight is 1020 g/mol. The number of nitrogens with zero attached hydrogens (tertiary/aromatic N) is 10. The van der Waals surface area contributed by atoms with Gasteiger partial charge in [0.25, 0.3) is 0 Å². The molecular weight excluding hydrogens is 972 g/mol.